The summed E-state index contributed by atoms with van der Waals surface area (Å²) in [6.45, 7) is 5.15. The highest BCUT2D eigenvalue weighted by molar-refractivity contribution is 6.05. The van der Waals surface area contributed by atoms with Crippen LogP contribution in [0.2, 0.25) is 0 Å². The second-order valence-corrected chi connectivity index (χ2v) is 16.6. The van der Waals surface area contributed by atoms with Gasteiger partial charge in [0, 0.05) is 81.5 Å². The molecule has 2 N–H and O–H groups in total. The summed E-state index contributed by atoms with van der Waals surface area (Å²) < 4.78 is 0. The van der Waals surface area contributed by atoms with Gasteiger partial charge in [0.2, 0.25) is 17.7 Å². The number of rotatable bonds is 8. The van der Waals surface area contributed by atoms with E-state index in [1.807, 2.05) is 35.2 Å². The first kappa shape index (κ1) is 37.0. The maximum atomic E-state index is 13.3. The van der Waals surface area contributed by atoms with Gasteiger partial charge in [-0.3, -0.25) is 24.5 Å². The topological polar surface area (TPSA) is 114 Å². The van der Waals surface area contributed by atoms with Gasteiger partial charge in [-0.1, -0.05) is 48.5 Å². The summed E-state index contributed by atoms with van der Waals surface area (Å²) in [5.74, 6) is 0.889. The Hall–Kier alpha value is -5.64. The summed E-state index contributed by atoms with van der Waals surface area (Å²) in [4.78, 5) is 58.9. The van der Waals surface area contributed by atoms with E-state index in [0.29, 0.717) is 55.6 Å². The number of benzene rings is 4. The molecule has 5 aliphatic rings. The highest BCUT2D eigenvalue weighted by atomic mass is 16.3. The first-order valence-corrected chi connectivity index (χ1v) is 20.8. The van der Waals surface area contributed by atoms with Gasteiger partial charge >= 0.3 is 0 Å². The minimum Gasteiger partial charge on any atom is -0.508 e. The van der Waals surface area contributed by atoms with Gasteiger partial charge in [0.1, 0.15) is 11.8 Å². The summed E-state index contributed by atoms with van der Waals surface area (Å²) in [5.41, 5.74) is 9.04. The molecule has 1 aliphatic carbocycles. The predicted octanol–water partition coefficient (Wildman–Crippen LogP) is 6.36. The van der Waals surface area contributed by atoms with Gasteiger partial charge < -0.3 is 24.7 Å². The Bertz CT molecular complexity index is 2160. The van der Waals surface area contributed by atoms with Crippen molar-refractivity contribution in [2.75, 3.05) is 49.1 Å². The van der Waals surface area contributed by atoms with Crippen molar-refractivity contribution in [3.8, 4) is 5.75 Å². The number of amides is 4. The fourth-order valence-electron chi connectivity index (χ4n) is 10.1. The van der Waals surface area contributed by atoms with Crippen LogP contribution in [-0.2, 0) is 27.3 Å². The van der Waals surface area contributed by atoms with Crippen LogP contribution in [0, 0.1) is 5.92 Å². The van der Waals surface area contributed by atoms with Gasteiger partial charge in [-0.15, -0.1) is 0 Å². The van der Waals surface area contributed by atoms with Crippen LogP contribution in [0.3, 0.4) is 0 Å². The number of aromatic hydroxyl groups is 1. The van der Waals surface area contributed by atoms with Gasteiger partial charge in [-0.05, 0) is 121 Å². The number of hydrogen-bond acceptors (Lipinski definition) is 7. The molecule has 0 aromatic heterocycles. The lowest BCUT2D eigenvalue weighted by atomic mass is 9.69. The molecule has 1 unspecified atom stereocenters. The number of carbonyl (C=O) groups excluding carboxylic acids is 4. The van der Waals surface area contributed by atoms with E-state index in [1.165, 1.54) is 27.9 Å². The lowest BCUT2D eigenvalue weighted by Crippen LogP contribution is -2.52. The summed E-state index contributed by atoms with van der Waals surface area (Å²) >= 11 is 0. The van der Waals surface area contributed by atoms with Gasteiger partial charge in [0.25, 0.3) is 5.91 Å². The number of carbonyl (C=O) groups is 4. The smallest absolute Gasteiger partial charge is 0.255 e. The standard InChI is InChI=1S/C47H51N5O5/c53-38-13-16-40-34(29-38)9-14-39(32-4-2-1-3-5-32)45(40)33-7-10-36(11-8-33)49-22-20-31(21-23-49)6-19-44(55)51-26-24-50(25-27-51)37-12-15-41-35(28-37)30-52(47(41)57)42-17-18-43(54)48-46(42)56/h1-5,7-8,10-13,15-16,28-29,31,39,42,45,53H,6,9,14,17-27,30H2,(H,48,54,56)/t39-,42?,45+/m1/s1. The molecule has 0 bridgehead atoms. The third-order valence-corrected chi connectivity index (χ3v) is 13.3. The van der Waals surface area contributed by atoms with Crippen LogP contribution in [0.15, 0.2) is 91.0 Å². The molecule has 57 heavy (non-hydrogen) atoms. The van der Waals surface area contributed by atoms with Crippen LogP contribution in [0.25, 0.3) is 0 Å². The molecular formula is C47H51N5O5. The first-order valence-electron chi connectivity index (χ1n) is 20.8. The molecule has 0 saturated carbocycles. The molecule has 4 aliphatic heterocycles. The second kappa shape index (κ2) is 15.7. The number of piperazine rings is 1. The minimum absolute atomic E-state index is 0.163. The molecule has 3 saturated heterocycles. The first-order chi connectivity index (χ1) is 27.8. The lowest BCUT2D eigenvalue weighted by Gasteiger charge is -2.37. The van der Waals surface area contributed by atoms with Crippen LogP contribution in [-0.4, -0.2) is 83.8 Å². The Labute approximate surface area is 334 Å². The number of nitrogens with one attached hydrogen (secondary N) is 1. The van der Waals surface area contributed by atoms with Crippen molar-refractivity contribution in [2.24, 2.45) is 5.92 Å². The van der Waals surface area contributed by atoms with Crippen molar-refractivity contribution >= 4 is 35.0 Å². The molecule has 10 heteroatoms. The molecule has 3 fully saturated rings. The average Bonchev–Trinajstić information content (AvgIpc) is 3.57. The molecule has 10 nitrogen and oxygen atoms in total. The molecule has 4 aromatic carbocycles. The number of phenols is 1. The normalized spacial score (nSPS) is 22.7. The zero-order valence-electron chi connectivity index (χ0n) is 32.4. The van der Waals surface area contributed by atoms with Crippen molar-refractivity contribution in [1.29, 1.82) is 0 Å². The monoisotopic (exact) mass is 765 g/mol. The predicted molar refractivity (Wildman–Crippen MR) is 219 cm³/mol. The van der Waals surface area contributed by atoms with E-state index in [4.69, 9.17) is 0 Å². The summed E-state index contributed by atoms with van der Waals surface area (Å²) in [5, 5.41) is 12.6. The number of aryl methyl sites for hydroxylation is 1. The quantitative estimate of drug-likeness (QED) is 0.201. The molecule has 4 heterocycles. The summed E-state index contributed by atoms with van der Waals surface area (Å²) in [6.07, 6.45) is 6.28. The highest BCUT2D eigenvalue weighted by Gasteiger charge is 2.39. The molecule has 0 spiro atoms. The van der Waals surface area contributed by atoms with Crippen molar-refractivity contribution in [3.63, 3.8) is 0 Å². The van der Waals surface area contributed by atoms with E-state index in [1.54, 1.807) is 4.90 Å². The van der Waals surface area contributed by atoms with Crippen LogP contribution < -0.4 is 15.1 Å². The van der Waals surface area contributed by atoms with Crippen molar-refractivity contribution < 1.29 is 24.3 Å². The molecule has 4 aromatic rings. The Morgan fingerprint density at radius 2 is 1.44 bits per heavy atom. The Balaban J connectivity index is 0.749. The third kappa shape index (κ3) is 7.49. The molecular weight excluding hydrogens is 715 g/mol. The fraction of sp³-hybridized carbons (Fsp3) is 0.404. The van der Waals surface area contributed by atoms with Crippen LogP contribution in [0.4, 0.5) is 11.4 Å². The number of nitrogens with zero attached hydrogens (tertiary/aromatic N) is 4. The molecule has 0 radical (unpaired) electrons. The van der Waals surface area contributed by atoms with E-state index in [2.05, 4.69) is 75.8 Å². The minimum atomic E-state index is -0.621. The number of hydrogen-bond donors (Lipinski definition) is 2. The SMILES string of the molecule is O=C1CCC(N2Cc3cc(N4CCN(C(=O)CCC5CCN(c6ccc([C@@H]7c8ccc(O)cc8CC[C@@H]7c7ccccc7)cc6)CC5)CC4)ccc3C2=O)C(=O)N1. The molecule has 4 amide bonds. The molecule has 294 valence electrons. The Morgan fingerprint density at radius 1 is 0.702 bits per heavy atom. The number of phenolic OH excluding ortho intramolecular Hbond substituents is 1. The average molecular weight is 766 g/mol. The van der Waals surface area contributed by atoms with Gasteiger partial charge in [0.05, 0.1) is 0 Å². The van der Waals surface area contributed by atoms with Crippen molar-refractivity contribution in [3.05, 3.63) is 124 Å². The van der Waals surface area contributed by atoms with E-state index < -0.39 is 11.9 Å². The molecule has 3 atom stereocenters. The number of imide groups is 1. The number of piperidine rings is 2. The fourth-order valence-corrected chi connectivity index (χ4v) is 10.1. The van der Waals surface area contributed by atoms with E-state index in [0.717, 1.165) is 69.5 Å². The van der Waals surface area contributed by atoms with E-state index in [-0.39, 0.29) is 30.1 Å². The van der Waals surface area contributed by atoms with Gasteiger partial charge in [0.15, 0.2) is 0 Å². The van der Waals surface area contributed by atoms with Gasteiger partial charge in [-0.2, -0.15) is 0 Å². The number of anilines is 2. The van der Waals surface area contributed by atoms with Crippen molar-refractivity contribution in [2.45, 2.75) is 75.8 Å². The van der Waals surface area contributed by atoms with Gasteiger partial charge in [-0.25, -0.2) is 0 Å². The highest BCUT2D eigenvalue weighted by Crippen LogP contribution is 2.47. The van der Waals surface area contributed by atoms with Crippen LogP contribution in [0.1, 0.15) is 95.0 Å². The zero-order valence-corrected chi connectivity index (χ0v) is 32.4. The summed E-state index contributed by atoms with van der Waals surface area (Å²) in [6, 6.07) is 31.2. The summed E-state index contributed by atoms with van der Waals surface area (Å²) in [7, 11) is 0. The largest absolute Gasteiger partial charge is 0.508 e. The molecule has 9 rings (SSSR count). The maximum absolute atomic E-state index is 13.3. The maximum Gasteiger partial charge on any atom is 0.255 e. The van der Waals surface area contributed by atoms with Crippen LogP contribution in [0.5, 0.6) is 5.75 Å². The zero-order chi connectivity index (χ0) is 39.0. The lowest BCUT2D eigenvalue weighted by molar-refractivity contribution is -0.137. The van der Waals surface area contributed by atoms with E-state index in [9.17, 15) is 24.3 Å². The second-order valence-electron chi connectivity index (χ2n) is 16.6. The number of fused-ring (bicyclic) bond motifs is 2. The van der Waals surface area contributed by atoms with E-state index >= 15 is 0 Å². The third-order valence-electron chi connectivity index (χ3n) is 13.3. The Kier molecular flexibility index (Phi) is 10.2. The van der Waals surface area contributed by atoms with Crippen LogP contribution >= 0.6 is 0 Å². The van der Waals surface area contributed by atoms with Crippen molar-refractivity contribution in [1.82, 2.24) is 15.1 Å². The Morgan fingerprint density at radius 3 is 2.19 bits per heavy atom.